The van der Waals surface area contributed by atoms with Gasteiger partial charge in [-0.1, -0.05) is 0 Å². The summed E-state index contributed by atoms with van der Waals surface area (Å²) in [5, 5.41) is 4.23. The standard InChI is InChI=1S/C11H11NOS3/c12-3-6-16(13)11-7-1-4-14-9(7)10-8(11)2-5-15-10/h1-2,4-5,11H,3,6,12H2. The first-order chi connectivity index (χ1) is 7.83. The third-order valence-corrected chi connectivity index (χ3v) is 6.44. The maximum Gasteiger partial charge on any atom is 0.0876 e. The zero-order valence-corrected chi connectivity index (χ0v) is 11.0. The maximum atomic E-state index is 12.2. The summed E-state index contributed by atoms with van der Waals surface area (Å²) in [5.41, 5.74) is 7.97. The Bertz CT molecular complexity index is 503. The van der Waals surface area contributed by atoms with E-state index in [0.29, 0.717) is 12.3 Å². The van der Waals surface area contributed by atoms with Gasteiger partial charge in [0.1, 0.15) is 0 Å². The number of fused-ring (bicyclic) bond motifs is 3. The van der Waals surface area contributed by atoms with E-state index in [1.54, 1.807) is 22.7 Å². The fraction of sp³-hybridized carbons (Fsp3) is 0.273. The van der Waals surface area contributed by atoms with Crippen molar-refractivity contribution in [2.75, 3.05) is 12.3 Å². The highest BCUT2D eigenvalue weighted by atomic mass is 32.2. The molecular weight excluding hydrogens is 258 g/mol. The maximum absolute atomic E-state index is 12.2. The molecule has 2 aromatic heterocycles. The molecule has 0 saturated heterocycles. The molecule has 0 spiro atoms. The summed E-state index contributed by atoms with van der Waals surface area (Å²) in [4.78, 5) is 2.61. The molecule has 2 aromatic rings. The third-order valence-electron chi connectivity index (χ3n) is 2.74. The van der Waals surface area contributed by atoms with Gasteiger partial charge in [-0.2, -0.15) is 0 Å². The number of thiophene rings is 2. The Morgan fingerprint density at radius 3 is 2.25 bits per heavy atom. The highest BCUT2D eigenvalue weighted by Crippen LogP contribution is 2.51. The van der Waals surface area contributed by atoms with E-state index >= 15 is 0 Å². The van der Waals surface area contributed by atoms with Crippen LogP contribution in [0.5, 0.6) is 0 Å². The molecule has 16 heavy (non-hydrogen) atoms. The monoisotopic (exact) mass is 269 g/mol. The summed E-state index contributed by atoms with van der Waals surface area (Å²) >= 11 is 3.49. The van der Waals surface area contributed by atoms with Crippen LogP contribution in [0.15, 0.2) is 22.9 Å². The van der Waals surface area contributed by atoms with Crippen LogP contribution in [0.2, 0.25) is 0 Å². The Kier molecular flexibility index (Phi) is 2.71. The largest absolute Gasteiger partial charge is 0.330 e. The summed E-state index contributed by atoms with van der Waals surface area (Å²) in [6.07, 6.45) is 0. The number of hydrogen-bond acceptors (Lipinski definition) is 4. The second kappa shape index (κ2) is 4.07. The first-order valence-corrected chi connectivity index (χ1v) is 8.19. The minimum absolute atomic E-state index is 0.0612. The molecule has 0 fully saturated rings. The van der Waals surface area contributed by atoms with Gasteiger partial charge in [0, 0.05) is 32.9 Å². The van der Waals surface area contributed by atoms with E-state index in [4.69, 9.17) is 5.73 Å². The summed E-state index contributed by atoms with van der Waals surface area (Å²) in [5.74, 6) is 0.579. The molecule has 0 radical (unpaired) electrons. The molecule has 0 aromatic carbocycles. The predicted octanol–water partition coefficient (Wildman–Crippen LogP) is 2.59. The first-order valence-electron chi connectivity index (χ1n) is 5.05. The second-order valence-electron chi connectivity index (χ2n) is 3.66. The zero-order valence-electron chi connectivity index (χ0n) is 8.51. The third kappa shape index (κ3) is 1.43. The normalized spacial score (nSPS) is 16.1. The van der Waals surface area contributed by atoms with E-state index in [0.717, 1.165) is 0 Å². The van der Waals surface area contributed by atoms with Gasteiger partial charge in [0.15, 0.2) is 0 Å². The molecule has 84 valence electrons. The van der Waals surface area contributed by atoms with Crippen molar-refractivity contribution in [3.63, 3.8) is 0 Å². The molecule has 3 rings (SSSR count). The van der Waals surface area contributed by atoms with Gasteiger partial charge in [0.05, 0.1) is 5.25 Å². The molecule has 1 aliphatic rings. The van der Waals surface area contributed by atoms with Crippen molar-refractivity contribution in [3.05, 3.63) is 34.0 Å². The van der Waals surface area contributed by atoms with Crippen molar-refractivity contribution in [1.29, 1.82) is 0 Å². The highest BCUT2D eigenvalue weighted by Gasteiger charge is 2.34. The zero-order chi connectivity index (χ0) is 11.1. The van der Waals surface area contributed by atoms with Gasteiger partial charge < -0.3 is 5.73 Å². The number of nitrogens with two attached hydrogens (primary N) is 1. The Balaban J connectivity index is 2.11. The summed E-state index contributed by atoms with van der Waals surface area (Å²) in [6, 6.07) is 4.21. The van der Waals surface area contributed by atoms with Crippen molar-refractivity contribution in [3.8, 4) is 9.75 Å². The van der Waals surface area contributed by atoms with Crippen molar-refractivity contribution in [2.24, 2.45) is 5.73 Å². The molecule has 1 atom stereocenters. The number of hydrogen-bond donors (Lipinski definition) is 1. The van der Waals surface area contributed by atoms with Crippen molar-refractivity contribution >= 4 is 33.5 Å². The van der Waals surface area contributed by atoms with Crippen LogP contribution in [0.1, 0.15) is 16.4 Å². The fourth-order valence-corrected chi connectivity index (χ4v) is 5.77. The second-order valence-corrected chi connectivity index (χ2v) is 7.14. The van der Waals surface area contributed by atoms with Gasteiger partial charge in [-0.05, 0) is 34.0 Å². The Hall–Kier alpha value is -0.490. The Morgan fingerprint density at radius 1 is 1.19 bits per heavy atom. The van der Waals surface area contributed by atoms with Gasteiger partial charge in [-0.25, -0.2) is 0 Å². The molecular formula is C11H11NOS3. The van der Waals surface area contributed by atoms with E-state index in [9.17, 15) is 4.21 Å². The Morgan fingerprint density at radius 2 is 1.75 bits per heavy atom. The predicted molar refractivity (Wildman–Crippen MR) is 71.5 cm³/mol. The quantitative estimate of drug-likeness (QED) is 0.930. The van der Waals surface area contributed by atoms with Gasteiger partial charge in [0.2, 0.25) is 0 Å². The van der Waals surface area contributed by atoms with E-state index in [1.165, 1.54) is 20.9 Å². The van der Waals surface area contributed by atoms with Crippen LogP contribution in [-0.4, -0.2) is 16.5 Å². The van der Waals surface area contributed by atoms with Crippen LogP contribution < -0.4 is 5.73 Å². The SMILES string of the molecule is NCCS(=O)C1c2ccsc2-c2sccc21. The average Bonchev–Trinajstić information content (AvgIpc) is 2.87. The van der Waals surface area contributed by atoms with E-state index in [-0.39, 0.29) is 5.25 Å². The van der Waals surface area contributed by atoms with E-state index in [2.05, 4.69) is 22.9 Å². The van der Waals surface area contributed by atoms with Crippen LogP contribution in [0, 0.1) is 0 Å². The molecule has 2 nitrogen and oxygen atoms in total. The van der Waals surface area contributed by atoms with Crippen LogP contribution in [0.3, 0.4) is 0 Å². The summed E-state index contributed by atoms with van der Waals surface area (Å²) in [7, 11) is -0.887. The average molecular weight is 269 g/mol. The van der Waals surface area contributed by atoms with Gasteiger partial charge in [-0.3, -0.25) is 4.21 Å². The lowest BCUT2D eigenvalue weighted by molar-refractivity contribution is 0.678. The lowest BCUT2D eigenvalue weighted by Crippen LogP contribution is -2.15. The molecule has 5 heteroatoms. The van der Waals surface area contributed by atoms with E-state index in [1.807, 2.05) is 0 Å². The summed E-state index contributed by atoms with van der Waals surface area (Å²) < 4.78 is 12.2. The highest BCUT2D eigenvalue weighted by molar-refractivity contribution is 7.85. The molecule has 2 heterocycles. The van der Waals surface area contributed by atoms with Crippen LogP contribution in [0.4, 0.5) is 0 Å². The smallest absolute Gasteiger partial charge is 0.0876 e. The van der Waals surface area contributed by atoms with Gasteiger partial charge in [0.25, 0.3) is 0 Å². The first kappa shape index (κ1) is 10.7. The van der Waals surface area contributed by atoms with Crippen LogP contribution in [-0.2, 0) is 10.8 Å². The Labute approximate surface area is 105 Å². The molecule has 1 unspecified atom stereocenters. The lowest BCUT2D eigenvalue weighted by atomic mass is 10.2. The topological polar surface area (TPSA) is 43.1 Å². The van der Waals surface area contributed by atoms with Crippen molar-refractivity contribution in [1.82, 2.24) is 0 Å². The minimum atomic E-state index is -0.887. The number of rotatable bonds is 3. The van der Waals surface area contributed by atoms with Crippen LogP contribution >= 0.6 is 22.7 Å². The molecule has 0 amide bonds. The van der Waals surface area contributed by atoms with E-state index < -0.39 is 10.8 Å². The van der Waals surface area contributed by atoms with Gasteiger partial charge >= 0.3 is 0 Å². The minimum Gasteiger partial charge on any atom is -0.330 e. The molecule has 2 N–H and O–H groups in total. The van der Waals surface area contributed by atoms with Crippen molar-refractivity contribution in [2.45, 2.75) is 5.25 Å². The molecule has 0 bridgehead atoms. The lowest BCUT2D eigenvalue weighted by Gasteiger charge is -2.10. The fourth-order valence-electron chi connectivity index (χ4n) is 2.11. The summed E-state index contributed by atoms with van der Waals surface area (Å²) in [6.45, 7) is 0.488. The molecule has 0 saturated carbocycles. The van der Waals surface area contributed by atoms with Gasteiger partial charge in [-0.15, -0.1) is 22.7 Å². The van der Waals surface area contributed by atoms with Crippen molar-refractivity contribution < 1.29 is 4.21 Å². The molecule has 1 aliphatic carbocycles. The molecule has 0 aliphatic heterocycles. The van der Waals surface area contributed by atoms with Crippen LogP contribution in [0.25, 0.3) is 9.75 Å².